The van der Waals surface area contributed by atoms with Crippen LogP contribution in [-0.4, -0.2) is 33.1 Å². The zero-order chi connectivity index (χ0) is 18.1. The van der Waals surface area contributed by atoms with Gasteiger partial charge >= 0.3 is 0 Å². The molecular weight excluding hydrogens is 350 g/mol. The van der Waals surface area contributed by atoms with Crippen molar-refractivity contribution in [2.24, 2.45) is 0 Å². The van der Waals surface area contributed by atoms with E-state index in [1.807, 2.05) is 36.5 Å². The number of carbonyl (C=O) groups is 1. The standard InChI is InChI=1S/C20H20ClN3O2/c21-17-11-23-18(16-9-10-22-19(16)17)12-1-3-13(4-2-12)20(26)24-14-5-7-15(25)8-6-14/h1-4,9-11,14-15,22,25H,5-8H2,(H,24,26). The molecule has 26 heavy (non-hydrogen) atoms. The Bertz CT molecular complexity index is 928. The van der Waals surface area contributed by atoms with Crippen LogP contribution in [0.25, 0.3) is 22.2 Å². The molecule has 1 fully saturated rings. The molecule has 4 rings (SSSR count). The Labute approximate surface area is 156 Å². The average molecular weight is 370 g/mol. The fourth-order valence-corrected chi connectivity index (χ4v) is 3.72. The second-order valence-corrected chi connectivity index (χ2v) is 7.18. The molecule has 0 atom stereocenters. The molecule has 1 aliphatic rings. The minimum absolute atomic E-state index is 0.0752. The average Bonchev–Trinajstić information content (AvgIpc) is 3.15. The van der Waals surface area contributed by atoms with Crippen molar-refractivity contribution >= 4 is 28.4 Å². The third kappa shape index (κ3) is 3.32. The number of nitrogens with one attached hydrogen (secondary N) is 2. The van der Waals surface area contributed by atoms with Crippen LogP contribution < -0.4 is 5.32 Å². The van der Waals surface area contributed by atoms with Gasteiger partial charge in [-0.15, -0.1) is 0 Å². The molecule has 5 nitrogen and oxygen atoms in total. The maximum atomic E-state index is 12.4. The summed E-state index contributed by atoms with van der Waals surface area (Å²) in [7, 11) is 0. The van der Waals surface area contributed by atoms with E-state index in [9.17, 15) is 9.90 Å². The minimum Gasteiger partial charge on any atom is -0.393 e. The highest BCUT2D eigenvalue weighted by molar-refractivity contribution is 6.35. The van der Waals surface area contributed by atoms with Crippen LogP contribution in [0.2, 0.25) is 5.02 Å². The third-order valence-electron chi connectivity index (χ3n) is 5.00. The van der Waals surface area contributed by atoms with Crippen molar-refractivity contribution in [2.75, 3.05) is 0 Å². The smallest absolute Gasteiger partial charge is 0.251 e. The lowest BCUT2D eigenvalue weighted by atomic mass is 9.93. The molecule has 2 heterocycles. The normalized spacial score (nSPS) is 20.2. The van der Waals surface area contributed by atoms with E-state index in [1.54, 1.807) is 6.20 Å². The van der Waals surface area contributed by atoms with Crippen molar-refractivity contribution in [3.8, 4) is 11.3 Å². The Hall–Kier alpha value is -2.37. The number of carbonyl (C=O) groups excluding carboxylic acids is 1. The summed E-state index contributed by atoms with van der Waals surface area (Å²) in [6, 6.07) is 9.53. The molecule has 1 saturated carbocycles. The van der Waals surface area contributed by atoms with Crippen LogP contribution in [0.5, 0.6) is 0 Å². The summed E-state index contributed by atoms with van der Waals surface area (Å²) in [5.74, 6) is -0.0752. The summed E-state index contributed by atoms with van der Waals surface area (Å²) in [5.41, 5.74) is 3.25. The predicted molar refractivity (Wildman–Crippen MR) is 102 cm³/mol. The molecule has 1 aromatic carbocycles. The summed E-state index contributed by atoms with van der Waals surface area (Å²) >= 11 is 6.16. The van der Waals surface area contributed by atoms with E-state index in [-0.39, 0.29) is 18.1 Å². The Balaban J connectivity index is 1.52. The zero-order valence-corrected chi connectivity index (χ0v) is 15.0. The number of halogens is 1. The Kier molecular flexibility index (Phi) is 4.66. The van der Waals surface area contributed by atoms with Crippen LogP contribution >= 0.6 is 11.6 Å². The Morgan fingerprint density at radius 1 is 1.15 bits per heavy atom. The molecule has 134 valence electrons. The van der Waals surface area contributed by atoms with E-state index < -0.39 is 0 Å². The van der Waals surface area contributed by atoms with E-state index >= 15 is 0 Å². The lowest BCUT2D eigenvalue weighted by molar-refractivity contribution is 0.0867. The van der Waals surface area contributed by atoms with Gasteiger partial charge in [-0.2, -0.15) is 0 Å². The molecule has 0 aliphatic heterocycles. The SMILES string of the molecule is O=C(NC1CCC(O)CC1)c1ccc(-c2ncc(Cl)c3[nH]ccc23)cc1. The molecule has 2 aromatic heterocycles. The molecule has 0 unspecified atom stereocenters. The number of fused-ring (bicyclic) bond motifs is 1. The van der Waals surface area contributed by atoms with Crippen molar-refractivity contribution in [1.29, 1.82) is 0 Å². The maximum Gasteiger partial charge on any atom is 0.251 e. The molecule has 6 heteroatoms. The largest absolute Gasteiger partial charge is 0.393 e. The van der Waals surface area contributed by atoms with Crippen LogP contribution in [0.1, 0.15) is 36.0 Å². The first-order valence-electron chi connectivity index (χ1n) is 8.83. The molecule has 0 radical (unpaired) electrons. The lowest BCUT2D eigenvalue weighted by Gasteiger charge is -2.26. The van der Waals surface area contributed by atoms with E-state index in [0.717, 1.165) is 47.8 Å². The van der Waals surface area contributed by atoms with Gasteiger partial charge in [0.05, 0.1) is 22.3 Å². The van der Waals surface area contributed by atoms with Gasteiger partial charge in [-0.05, 0) is 43.9 Å². The van der Waals surface area contributed by atoms with Crippen molar-refractivity contribution in [3.63, 3.8) is 0 Å². The number of hydrogen-bond donors (Lipinski definition) is 3. The van der Waals surface area contributed by atoms with Crippen molar-refractivity contribution in [2.45, 2.75) is 37.8 Å². The summed E-state index contributed by atoms with van der Waals surface area (Å²) in [6.07, 6.45) is 6.39. The van der Waals surface area contributed by atoms with E-state index in [2.05, 4.69) is 15.3 Å². The Morgan fingerprint density at radius 2 is 1.88 bits per heavy atom. The number of aromatic amines is 1. The van der Waals surface area contributed by atoms with Crippen molar-refractivity contribution < 1.29 is 9.90 Å². The number of aromatic nitrogens is 2. The Morgan fingerprint density at radius 3 is 2.62 bits per heavy atom. The lowest BCUT2D eigenvalue weighted by Crippen LogP contribution is -2.38. The highest BCUT2D eigenvalue weighted by atomic mass is 35.5. The summed E-state index contributed by atoms with van der Waals surface area (Å²) < 4.78 is 0. The molecule has 0 saturated heterocycles. The molecule has 0 bridgehead atoms. The summed E-state index contributed by atoms with van der Waals surface area (Å²) in [4.78, 5) is 20.0. The fraction of sp³-hybridized carbons (Fsp3) is 0.300. The van der Waals surface area contributed by atoms with Gasteiger partial charge in [-0.1, -0.05) is 23.7 Å². The number of amides is 1. The number of pyridine rings is 1. The second-order valence-electron chi connectivity index (χ2n) is 6.78. The molecule has 3 aromatic rings. The van der Waals surface area contributed by atoms with Gasteiger partial charge in [0.15, 0.2) is 0 Å². The third-order valence-corrected chi connectivity index (χ3v) is 5.29. The zero-order valence-electron chi connectivity index (χ0n) is 14.2. The van der Waals surface area contributed by atoms with Gasteiger partial charge in [-0.3, -0.25) is 9.78 Å². The van der Waals surface area contributed by atoms with Crippen LogP contribution in [0, 0.1) is 0 Å². The van der Waals surface area contributed by atoms with Crippen LogP contribution in [0.3, 0.4) is 0 Å². The van der Waals surface area contributed by atoms with Gasteiger partial charge in [0.1, 0.15) is 0 Å². The van der Waals surface area contributed by atoms with Gasteiger partial charge < -0.3 is 15.4 Å². The number of benzene rings is 1. The highest BCUT2D eigenvalue weighted by Crippen LogP contribution is 2.30. The van der Waals surface area contributed by atoms with Gasteiger partial charge in [0.2, 0.25) is 0 Å². The van der Waals surface area contributed by atoms with Crippen LogP contribution in [-0.2, 0) is 0 Å². The number of rotatable bonds is 3. The first-order chi connectivity index (χ1) is 12.6. The number of H-pyrrole nitrogens is 1. The molecule has 1 aliphatic carbocycles. The maximum absolute atomic E-state index is 12.4. The number of aliphatic hydroxyl groups is 1. The molecule has 0 spiro atoms. The fourth-order valence-electron chi connectivity index (χ4n) is 3.52. The van der Waals surface area contributed by atoms with Gasteiger partial charge in [0, 0.05) is 34.9 Å². The highest BCUT2D eigenvalue weighted by Gasteiger charge is 2.21. The molecule has 3 N–H and O–H groups in total. The van der Waals surface area contributed by atoms with Crippen LogP contribution in [0.15, 0.2) is 42.7 Å². The topological polar surface area (TPSA) is 78.0 Å². The van der Waals surface area contributed by atoms with Crippen molar-refractivity contribution in [3.05, 3.63) is 53.3 Å². The summed E-state index contributed by atoms with van der Waals surface area (Å²) in [5, 5.41) is 14.2. The quantitative estimate of drug-likeness (QED) is 0.654. The number of nitrogens with zero attached hydrogens (tertiary/aromatic N) is 1. The van der Waals surface area contributed by atoms with E-state index in [0.29, 0.717) is 10.6 Å². The van der Waals surface area contributed by atoms with Gasteiger partial charge in [-0.25, -0.2) is 0 Å². The van der Waals surface area contributed by atoms with Crippen LogP contribution in [0.4, 0.5) is 0 Å². The molecule has 1 amide bonds. The predicted octanol–water partition coefficient (Wildman–Crippen LogP) is 3.92. The first kappa shape index (κ1) is 17.1. The molecular formula is C20H20ClN3O2. The van der Waals surface area contributed by atoms with Crippen molar-refractivity contribution in [1.82, 2.24) is 15.3 Å². The number of aliphatic hydroxyl groups excluding tert-OH is 1. The van der Waals surface area contributed by atoms with E-state index in [1.165, 1.54) is 0 Å². The van der Waals surface area contributed by atoms with Gasteiger partial charge in [0.25, 0.3) is 5.91 Å². The minimum atomic E-state index is -0.223. The monoisotopic (exact) mass is 369 g/mol. The number of hydrogen-bond acceptors (Lipinski definition) is 3. The second kappa shape index (κ2) is 7.09. The van der Waals surface area contributed by atoms with E-state index in [4.69, 9.17) is 11.6 Å². The summed E-state index contributed by atoms with van der Waals surface area (Å²) in [6.45, 7) is 0. The first-order valence-corrected chi connectivity index (χ1v) is 9.20.